The van der Waals surface area contributed by atoms with Crippen LogP contribution in [0.3, 0.4) is 0 Å². The summed E-state index contributed by atoms with van der Waals surface area (Å²) in [6, 6.07) is 22.2. The lowest BCUT2D eigenvalue weighted by Gasteiger charge is -2.23. The number of anilines is 1. The number of nitrogens with one attached hydrogen (secondary N) is 1. The standard InChI is InChI=1S/C26H25ClN4O3S/c1-18-14-21(19(2)31(18)23-11-7-10-22(27)15-23)16-28-29-26(32)17-30(35(3,33)34)25-13-6-9-20-8-4-5-12-24(20)25/h4-16H,17H2,1-3H3,(H,29,32)/b28-16-. The summed E-state index contributed by atoms with van der Waals surface area (Å²) in [5.41, 5.74) is 6.54. The molecule has 0 aliphatic rings. The average Bonchev–Trinajstić information content (AvgIpc) is 3.09. The number of sulfonamides is 1. The van der Waals surface area contributed by atoms with Crippen LogP contribution in [0.25, 0.3) is 16.5 Å². The summed E-state index contributed by atoms with van der Waals surface area (Å²) in [5, 5.41) is 6.33. The Morgan fingerprint density at radius 1 is 1.06 bits per heavy atom. The minimum absolute atomic E-state index is 0.397. The first-order valence-electron chi connectivity index (χ1n) is 10.9. The molecule has 9 heteroatoms. The van der Waals surface area contributed by atoms with Crippen molar-refractivity contribution in [2.24, 2.45) is 5.10 Å². The topological polar surface area (TPSA) is 83.8 Å². The van der Waals surface area contributed by atoms with Crippen molar-refractivity contribution in [3.05, 3.63) is 94.8 Å². The predicted octanol–water partition coefficient (Wildman–Crippen LogP) is 4.82. The summed E-state index contributed by atoms with van der Waals surface area (Å²) in [7, 11) is -3.72. The van der Waals surface area contributed by atoms with Gasteiger partial charge in [0.2, 0.25) is 10.0 Å². The fourth-order valence-corrected chi connectivity index (χ4v) is 5.13. The van der Waals surface area contributed by atoms with Gasteiger partial charge < -0.3 is 4.57 Å². The van der Waals surface area contributed by atoms with Crippen LogP contribution in [0.15, 0.2) is 77.9 Å². The number of hydrogen-bond acceptors (Lipinski definition) is 4. The van der Waals surface area contributed by atoms with Crippen LogP contribution in [0, 0.1) is 13.8 Å². The lowest BCUT2D eigenvalue weighted by atomic mass is 10.1. The van der Waals surface area contributed by atoms with Crippen molar-refractivity contribution in [2.75, 3.05) is 17.1 Å². The Labute approximate surface area is 209 Å². The van der Waals surface area contributed by atoms with Crippen LogP contribution >= 0.6 is 11.6 Å². The molecule has 0 atom stereocenters. The van der Waals surface area contributed by atoms with E-state index in [0.717, 1.165) is 44.0 Å². The van der Waals surface area contributed by atoms with Crippen LogP contribution in [0.1, 0.15) is 17.0 Å². The Morgan fingerprint density at radius 2 is 1.77 bits per heavy atom. The summed E-state index contributed by atoms with van der Waals surface area (Å²) in [6.45, 7) is 3.52. The van der Waals surface area contributed by atoms with Crippen LogP contribution in [0.2, 0.25) is 5.02 Å². The Balaban J connectivity index is 1.53. The third kappa shape index (κ3) is 5.39. The third-order valence-electron chi connectivity index (χ3n) is 5.65. The Hall–Kier alpha value is -3.62. The molecular weight excluding hydrogens is 484 g/mol. The number of fused-ring (bicyclic) bond motifs is 1. The average molecular weight is 509 g/mol. The molecule has 3 aromatic carbocycles. The van der Waals surface area contributed by atoms with Gasteiger partial charge in [-0.25, -0.2) is 13.8 Å². The second-order valence-corrected chi connectivity index (χ2v) is 10.5. The normalized spacial score (nSPS) is 11.8. The molecule has 7 nitrogen and oxygen atoms in total. The van der Waals surface area contributed by atoms with Crippen molar-refractivity contribution in [3.63, 3.8) is 0 Å². The lowest BCUT2D eigenvalue weighted by molar-refractivity contribution is -0.119. The number of benzene rings is 3. The van der Waals surface area contributed by atoms with Gasteiger partial charge in [0.15, 0.2) is 0 Å². The number of hydrogen-bond donors (Lipinski definition) is 1. The smallest absolute Gasteiger partial charge is 0.260 e. The summed E-state index contributed by atoms with van der Waals surface area (Å²) in [5.74, 6) is -0.553. The molecule has 0 saturated heterocycles. The largest absolute Gasteiger partial charge is 0.318 e. The number of aromatic nitrogens is 1. The first-order valence-corrected chi connectivity index (χ1v) is 13.1. The molecule has 0 fully saturated rings. The number of amides is 1. The number of nitrogens with zero attached hydrogens (tertiary/aromatic N) is 3. The first kappa shape index (κ1) is 24.5. The molecule has 0 saturated carbocycles. The number of carbonyl (C=O) groups is 1. The van der Waals surface area contributed by atoms with E-state index in [1.807, 2.05) is 79.1 Å². The van der Waals surface area contributed by atoms with E-state index in [1.54, 1.807) is 18.3 Å². The molecule has 1 amide bonds. The number of carbonyl (C=O) groups excluding carboxylic acids is 1. The van der Waals surface area contributed by atoms with Crippen LogP contribution in [0.4, 0.5) is 5.69 Å². The second-order valence-electron chi connectivity index (χ2n) is 8.20. The van der Waals surface area contributed by atoms with Crippen molar-refractivity contribution >= 4 is 50.2 Å². The zero-order valence-electron chi connectivity index (χ0n) is 19.6. The fraction of sp³-hybridized carbons (Fsp3) is 0.154. The zero-order valence-corrected chi connectivity index (χ0v) is 21.1. The van der Waals surface area contributed by atoms with E-state index < -0.39 is 22.5 Å². The minimum Gasteiger partial charge on any atom is -0.318 e. The van der Waals surface area contributed by atoms with Crippen molar-refractivity contribution in [1.82, 2.24) is 9.99 Å². The molecule has 1 heterocycles. The van der Waals surface area contributed by atoms with Crippen LogP contribution in [0.5, 0.6) is 0 Å². The second kappa shape index (κ2) is 9.93. The molecule has 0 aliphatic heterocycles. The van der Waals surface area contributed by atoms with Crippen molar-refractivity contribution in [2.45, 2.75) is 13.8 Å². The quantitative estimate of drug-likeness (QED) is 0.287. The molecule has 180 valence electrons. The van der Waals surface area contributed by atoms with E-state index in [-0.39, 0.29) is 0 Å². The van der Waals surface area contributed by atoms with Crippen molar-refractivity contribution < 1.29 is 13.2 Å². The highest BCUT2D eigenvalue weighted by Gasteiger charge is 2.22. The molecule has 1 N–H and O–H groups in total. The molecule has 4 rings (SSSR count). The number of halogens is 1. The van der Waals surface area contributed by atoms with Gasteiger partial charge in [0, 0.05) is 33.0 Å². The maximum atomic E-state index is 12.7. The monoisotopic (exact) mass is 508 g/mol. The molecular formula is C26H25ClN4O3S. The fourth-order valence-electron chi connectivity index (χ4n) is 4.08. The molecule has 4 aromatic rings. The van der Waals surface area contributed by atoms with Gasteiger partial charge in [-0.3, -0.25) is 9.10 Å². The van der Waals surface area contributed by atoms with E-state index in [9.17, 15) is 13.2 Å². The number of hydrazone groups is 1. The molecule has 1 aromatic heterocycles. The predicted molar refractivity (Wildman–Crippen MR) is 142 cm³/mol. The van der Waals surface area contributed by atoms with Gasteiger partial charge in [0.25, 0.3) is 5.91 Å². The van der Waals surface area contributed by atoms with E-state index in [1.165, 1.54) is 0 Å². The highest BCUT2D eigenvalue weighted by atomic mass is 35.5. The Morgan fingerprint density at radius 3 is 2.51 bits per heavy atom. The van der Waals surface area contributed by atoms with E-state index in [0.29, 0.717) is 10.7 Å². The number of aryl methyl sites for hydroxylation is 1. The maximum absolute atomic E-state index is 12.7. The van der Waals surface area contributed by atoms with Gasteiger partial charge in [0.1, 0.15) is 6.54 Å². The zero-order chi connectivity index (χ0) is 25.2. The SMILES string of the molecule is Cc1cc(/C=N\NC(=O)CN(c2cccc3ccccc23)S(C)(=O)=O)c(C)n1-c1cccc(Cl)c1. The van der Waals surface area contributed by atoms with E-state index in [4.69, 9.17) is 11.6 Å². The van der Waals surface area contributed by atoms with Crippen LogP contribution < -0.4 is 9.73 Å². The molecule has 0 unspecified atom stereocenters. The first-order chi connectivity index (χ1) is 16.6. The summed E-state index contributed by atoms with van der Waals surface area (Å²) in [6.07, 6.45) is 2.62. The highest BCUT2D eigenvalue weighted by Crippen LogP contribution is 2.28. The summed E-state index contributed by atoms with van der Waals surface area (Å²) in [4.78, 5) is 12.7. The molecule has 0 aliphatic carbocycles. The van der Waals surface area contributed by atoms with Crippen LogP contribution in [-0.2, 0) is 14.8 Å². The lowest BCUT2D eigenvalue weighted by Crippen LogP contribution is -2.39. The Kier molecular flexibility index (Phi) is 6.95. The van der Waals surface area contributed by atoms with Crippen molar-refractivity contribution in [3.8, 4) is 5.69 Å². The highest BCUT2D eigenvalue weighted by molar-refractivity contribution is 7.92. The molecule has 0 bridgehead atoms. The van der Waals surface area contributed by atoms with Gasteiger partial charge in [-0.05, 0) is 49.6 Å². The molecule has 0 radical (unpaired) electrons. The molecule has 0 spiro atoms. The van der Waals surface area contributed by atoms with Gasteiger partial charge >= 0.3 is 0 Å². The minimum atomic E-state index is -3.72. The van der Waals surface area contributed by atoms with Crippen LogP contribution in [-0.4, -0.2) is 37.9 Å². The summed E-state index contributed by atoms with van der Waals surface area (Å²) < 4.78 is 28.2. The van der Waals surface area contributed by atoms with Gasteiger partial charge in [-0.1, -0.05) is 54.1 Å². The molecule has 35 heavy (non-hydrogen) atoms. The van der Waals surface area contributed by atoms with E-state index in [2.05, 4.69) is 10.5 Å². The summed E-state index contributed by atoms with van der Waals surface area (Å²) >= 11 is 6.14. The maximum Gasteiger partial charge on any atom is 0.260 e. The van der Waals surface area contributed by atoms with Crippen molar-refractivity contribution in [1.29, 1.82) is 0 Å². The van der Waals surface area contributed by atoms with E-state index >= 15 is 0 Å². The Bertz CT molecular complexity index is 1540. The number of rotatable bonds is 7. The van der Waals surface area contributed by atoms with Gasteiger partial charge in [-0.2, -0.15) is 5.10 Å². The van der Waals surface area contributed by atoms with Gasteiger partial charge in [-0.15, -0.1) is 0 Å². The third-order valence-corrected chi connectivity index (χ3v) is 7.01. The van der Waals surface area contributed by atoms with Gasteiger partial charge in [0.05, 0.1) is 18.2 Å².